The zero-order chi connectivity index (χ0) is 21.7. The van der Waals surface area contributed by atoms with Gasteiger partial charge in [0.05, 0.1) is 6.04 Å². The molecule has 0 aliphatic carbocycles. The van der Waals surface area contributed by atoms with Crippen LogP contribution in [0.25, 0.3) is 0 Å². The molecule has 11 N–H and O–H groups in total. The maximum Gasteiger partial charge on any atom is 0.326 e. The van der Waals surface area contributed by atoms with Crippen molar-refractivity contribution >= 4 is 17.8 Å². The molecule has 2 aromatic carbocycles. The average molecular weight is 483 g/mol. The lowest BCUT2D eigenvalue weighted by Crippen LogP contribution is -2.56. The molecule has 1 aliphatic rings. The van der Waals surface area contributed by atoms with Gasteiger partial charge < -0.3 is 37.0 Å². The Morgan fingerprint density at radius 1 is 0.941 bits per heavy atom. The van der Waals surface area contributed by atoms with Crippen molar-refractivity contribution in [2.24, 2.45) is 0 Å². The van der Waals surface area contributed by atoms with Gasteiger partial charge in [0, 0.05) is 13.0 Å². The van der Waals surface area contributed by atoms with Crippen LogP contribution < -0.4 is 5.32 Å². The Kier molecular flexibility index (Phi) is 14.2. The molecule has 11 heteroatoms. The molecule has 0 spiro atoms. The highest BCUT2D eigenvalue weighted by atomic mass is 16.4. The van der Waals surface area contributed by atoms with Crippen molar-refractivity contribution in [3.8, 4) is 0 Å². The number of benzene rings is 2. The SMILES string of the molecule is C[C@H](N[C@@H](CCc1ccccc1)C(=O)O)C(=O)N1Cc2ccccc2C[C@H]1C(=O)O.O.O.O.O. The molecular weight excluding hydrogens is 448 g/mol. The van der Waals surface area contributed by atoms with E-state index >= 15 is 0 Å². The van der Waals surface area contributed by atoms with E-state index in [1.54, 1.807) is 6.92 Å². The molecule has 3 rings (SSSR count). The number of hydrogen-bond acceptors (Lipinski definition) is 4. The summed E-state index contributed by atoms with van der Waals surface area (Å²) in [6, 6.07) is 14.3. The number of nitrogens with one attached hydrogen (secondary N) is 1. The summed E-state index contributed by atoms with van der Waals surface area (Å²) in [7, 11) is 0. The second-order valence-corrected chi connectivity index (χ2v) is 7.60. The first-order valence-corrected chi connectivity index (χ1v) is 9.99. The smallest absolute Gasteiger partial charge is 0.326 e. The van der Waals surface area contributed by atoms with Crippen LogP contribution in [-0.2, 0) is 33.8 Å². The summed E-state index contributed by atoms with van der Waals surface area (Å²) in [5.41, 5.74) is 2.85. The van der Waals surface area contributed by atoms with Gasteiger partial charge in [-0.05, 0) is 36.5 Å². The molecule has 3 atom stereocenters. The van der Waals surface area contributed by atoms with E-state index in [4.69, 9.17) is 0 Å². The van der Waals surface area contributed by atoms with Gasteiger partial charge >= 0.3 is 11.9 Å². The minimum Gasteiger partial charge on any atom is -0.480 e. The maximum absolute atomic E-state index is 13.1. The van der Waals surface area contributed by atoms with Crippen LogP contribution >= 0.6 is 0 Å². The molecular formula is C23H34N2O9. The zero-order valence-electron chi connectivity index (χ0n) is 18.8. The number of amides is 1. The van der Waals surface area contributed by atoms with E-state index in [-0.39, 0.29) is 34.9 Å². The molecule has 11 nitrogen and oxygen atoms in total. The van der Waals surface area contributed by atoms with Gasteiger partial charge in [0.1, 0.15) is 12.1 Å². The molecule has 190 valence electrons. The predicted octanol–water partition coefficient (Wildman–Crippen LogP) is -1.21. The van der Waals surface area contributed by atoms with Crippen molar-refractivity contribution < 1.29 is 46.5 Å². The van der Waals surface area contributed by atoms with Crippen LogP contribution in [0.4, 0.5) is 0 Å². The number of aryl methyl sites for hydroxylation is 1. The summed E-state index contributed by atoms with van der Waals surface area (Å²) < 4.78 is 0. The van der Waals surface area contributed by atoms with Gasteiger partial charge in [0.25, 0.3) is 0 Å². The van der Waals surface area contributed by atoms with Crippen LogP contribution in [0, 0.1) is 0 Å². The van der Waals surface area contributed by atoms with Crippen molar-refractivity contribution in [2.75, 3.05) is 0 Å². The predicted molar refractivity (Wildman–Crippen MR) is 125 cm³/mol. The highest BCUT2D eigenvalue weighted by Gasteiger charge is 2.37. The van der Waals surface area contributed by atoms with Crippen molar-refractivity contribution in [3.63, 3.8) is 0 Å². The minimum absolute atomic E-state index is 0. The first-order chi connectivity index (χ1) is 14.4. The lowest BCUT2D eigenvalue weighted by molar-refractivity contribution is -0.152. The zero-order valence-corrected chi connectivity index (χ0v) is 18.8. The fourth-order valence-electron chi connectivity index (χ4n) is 3.83. The molecule has 0 saturated heterocycles. The third kappa shape index (κ3) is 7.90. The summed E-state index contributed by atoms with van der Waals surface area (Å²) >= 11 is 0. The summed E-state index contributed by atoms with van der Waals surface area (Å²) in [4.78, 5) is 37.9. The monoisotopic (exact) mass is 482 g/mol. The Hall–Kier alpha value is -3.35. The van der Waals surface area contributed by atoms with E-state index in [0.717, 1.165) is 16.7 Å². The van der Waals surface area contributed by atoms with Gasteiger partial charge in [0.2, 0.25) is 5.91 Å². The van der Waals surface area contributed by atoms with E-state index in [0.29, 0.717) is 12.8 Å². The highest BCUT2D eigenvalue weighted by molar-refractivity contribution is 5.88. The Morgan fingerprint density at radius 2 is 1.50 bits per heavy atom. The summed E-state index contributed by atoms with van der Waals surface area (Å²) in [5, 5.41) is 22.1. The van der Waals surface area contributed by atoms with Crippen LogP contribution in [0.5, 0.6) is 0 Å². The molecule has 0 aromatic heterocycles. The normalized spacial score (nSPS) is 15.6. The Balaban J connectivity index is 0. The summed E-state index contributed by atoms with van der Waals surface area (Å²) in [6.45, 7) is 1.78. The third-order valence-electron chi connectivity index (χ3n) is 5.50. The Bertz CT molecular complexity index is 924. The molecule has 0 radical (unpaired) electrons. The number of carbonyl (C=O) groups is 3. The van der Waals surface area contributed by atoms with Crippen molar-refractivity contribution in [1.82, 2.24) is 10.2 Å². The van der Waals surface area contributed by atoms with Gasteiger partial charge in [-0.15, -0.1) is 0 Å². The second-order valence-electron chi connectivity index (χ2n) is 7.60. The number of fused-ring (bicyclic) bond motifs is 1. The minimum atomic E-state index is -1.07. The average Bonchev–Trinajstić information content (AvgIpc) is 2.75. The quantitative estimate of drug-likeness (QED) is 0.417. The number of carboxylic acids is 2. The molecule has 0 saturated carbocycles. The topological polar surface area (TPSA) is 233 Å². The van der Waals surface area contributed by atoms with E-state index < -0.39 is 36.0 Å². The summed E-state index contributed by atoms with van der Waals surface area (Å²) in [5.74, 6) is -2.52. The van der Waals surface area contributed by atoms with Gasteiger partial charge in [-0.3, -0.25) is 14.9 Å². The number of rotatable bonds is 8. The maximum atomic E-state index is 13.1. The standard InChI is InChI=1S/C23H26N2O5.4H2O/c1-15(24-19(22(27)28)12-11-16-7-3-2-4-8-16)21(26)25-14-18-10-6-5-9-17(18)13-20(25)23(29)30;;;;/h2-10,15,19-20,24H,11-14H2,1H3,(H,27,28)(H,29,30);4*1H2/t15-,19-,20-;;;;/m0..../s1. The van der Waals surface area contributed by atoms with Gasteiger partial charge in [-0.1, -0.05) is 54.6 Å². The number of nitrogens with zero attached hydrogens (tertiary/aromatic N) is 1. The van der Waals surface area contributed by atoms with Crippen LogP contribution in [0.2, 0.25) is 0 Å². The second kappa shape index (κ2) is 14.7. The van der Waals surface area contributed by atoms with Crippen molar-refractivity contribution in [3.05, 3.63) is 71.3 Å². The highest BCUT2D eigenvalue weighted by Crippen LogP contribution is 2.24. The van der Waals surface area contributed by atoms with Crippen molar-refractivity contribution in [1.29, 1.82) is 0 Å². The van der Waals surface area contributed by atoms with Gasteiger partial charge in [-0.2, -0.15) is 0 Å². The molecule has 1 aliphatic heterocycles. The first-order valence-electron chi connectivity index (χ1n) is 9.99. The molecule has 0 bridgehead atoms. The Labute approximate surface area is 197 Å². The van der Waals surface area contributed by atoms with E-state index in [1.807, 2.05) is 54.6 Å². The van der Waals surface area contributed by atoms with Crippen LogP contribution in [0.15, 0.2) is 54.6 Å². The van der Waals surface area contributed by atoms with Gasteiger partial charge in [-0.25, -0.2) is 4.79 Å². The van der Waals surface area contributed by atoms with Crippen LogP contribution in [0.3, 0.4) is 0 Å². The number of hydrogen-bond donors (Lipinski definition) is 3. The Morgan fingerprint density at radius 3 is 2.06 bits per heavy atom. The molecule has 0 unspecified atom stereocenters. The molecule has 1 heterocycles. The lowest BCUT2D eigenvalue weighted by atomic mass is 9.93. The largest absolute Gasteiger partial charge is 0.480 e. The third-order valence-corrected chi connectivity index (χ3v) is 5.50. The molecule has 34 heavy (non-hydrogen) atoms. The van der Waals surface area contributed by atoms with Gasteiger partial charge in [0.15, 0.2) is 0 Å². The van der Waals surface area contributed by atoms with E-state index in [9.17, 15) is 24.6 Å². The first kappa shape index (κ1) is 32.8. The fraction of sp³-hybridized carbons (Fsp3) is 0.348. The van der Waals surface area contributed by atoms with Crippen LogP contribution in [0.1, 0.15) is 30.0 Å². The van der Waals surface area contributed by atoms with E-state index in [2.05, 4.69) is 5.32 Å². The molecule has 2 aromatic rings. The summed E-state index contributed by atoms with van der Waals surface area (Å²) in [6.07, 6.45) is 1.11. The van der Waals surface area contributed by atoms with Crippen molar-refractivity contribution in [2.45, 2.75) is 50.9 Å². The molecule has 0 fully saturated rings. The molecule has 1 amide bonds. The lowest BCUT2D eigenvalue weighted by Gasteiger charge is -2.36. The number of carboxylic acid groups (broad SMARTS) is 2. The van der Waals surface area contributed by atoms with Crippen LogP contribution in [-0.4, -0.2) is 73.0 Å². The fourth-order valence-corrected chi connectivity index (χ4v) is 3.83. The number of aliphatic carboxylic acids is 2. The number of carbonyl (C=O) groups excluding carboxylic acids is 1. The van der Waals surface area contributed by atoms with E-state index in [1.165, 1.54) is 4.90 Å².